The fourth-order valence-corrected chi connectivity index (χ4v) is 5.02. The Labute approximate surface area is 206 Å². The van der Waals surface area contributed by atoms with Crippen molar-refractivity contribution in [1.29, 1.82) is 0 Å². The molecule has 1 unspecified atom stereocenters. The number of benzene rings is 2. The molecule has 3 aromatic rings. The first-order valence-corrected chi connectivity index (χ1v) is 11.8. The second kappa shape index (κ2) is 10.2. The van der Waals surface area contributed by atoms with Gasteiger partial charge < -0.3 is 18.9 Å². The van der Waals surface area contributed by atoms with Crippen molar-refractivity contribution in [1.82, 2.24) is 4.57 Å². The third kappa shape index (κ3) is 4.59. The lowest BCUT2D eigenvalue weighted by Gasteiger charge is -2.24. The van der Waals surface area contributed by atoms with E-state index in [1.807, 2.05) is 12.1 Å². The lowest BCUT2D eigenvalue weighted by atomic mass is 9.96. The lowest BCUT2D eigenvalue weighted by Crippen LogP contribution is -2.39. The van der Waals surface area contributed by atoms with Gasteiger partial charge >= 0.3 is 5.97 Å². The topological polar surface area (TPSA) is 88.4 Å². The molecule has 9 heteroatoms. The first kappa shape index (κ1) is 24.3. The molecule has 8 nitrogen and oxygen atoms in total. The maximum absolute atomic E-state index is 13.7. The number of methoxy groups -OCH3 is 3. The van der Waals surface area contributed by atoms with Crippen LogP contribution in [-0.4, -0.2) is 38.5 Å². The summed E-state index contributed by atoms with van der Waals surface area (Å²) in [6.07, 6.45) is 1.75. The molecule has 0 N–H and O–H groups in total. The lowest BCUT2D eigenvalue weighted by molar-refractivity contribution is -0.139. The van der Waals surface area contributed by atoms with E-state index in [0.29, 0.717) is 43.4 Å². The van der Waals surface area contributed by atoms with Crippen LogP contribution in [0.25, 0.3) is 6.08 Å². The van der Waals surface area contributed by atoms with Gasteiger partial charge in [-0.05, 0) is 55.8 Å². The van der Waals surface area contributed by atoms with Crippen molar-refractivity contribution >= 4 is 23.4 Å². The second-order valence-electron chi connectivity index (χ2n) is 7.68. The Morgan fingerprint density at radius 3 is 2.37 bits per heavy atom. The zero-order chi connectivity index (χ0) is 25.1. The molecule has 1 aromatic heterocycles. The monoisotopic (exact) mass is 494 g/mol. The highest BCUT2D eigenvalue weighted by Crippen LogP contribution is 2.31. The van der Waals surface area contributed by atoms with Crippen molar-refractivity contribution in [3.8, 4) is 17.2 Å². The normalized spacial score (nSPS) is 15.3. The summed E-state index contributed by atoms with van der Waals surface area (Å²) >= 11 is 1.25. The van der Waals surface area contributed by atoms with Crippen molar-refractivity contribution in [2.75, 3.05) is 27.9 Å². The maximum atomic E-state index is 13.7. The van der Waals surface area contributed by atoms with E-state index in [2.05, 4.69) is 4.99 Å². The van der Waals surface area contributed by atoms with Crippen LogP contribution in [0.2, 0.25) is 0 Å². The Morgan fingerprint density at radius 1 is 1.06 bits per heavy atom. The van der Waals surface area contributed by atoms with Gasteiger partial charge in [-0.2, -0.15) is 0 Å². The highest BCUT2D eigenvalue weighted by atomic mass is 32.1. The predicted octanol–water partition coefficient (Wildman–Crippen LogP) is 2.82. The molecule has 35 heavy (non-hydrogen) atoms. The molecule has 1 aliphatic rings. The quantitative estimate of drug-likeness (QED) is 0.470. The molecule has 0 saturated carbocycles. The van der Waals surface area contributed by atoms with Gasteiger partial charge in [0.05, 0.1) is 49.8 Å². The van der Waals surface area contributed by atoms with Gasteiger partial charge in [-0.1, -0.05) is 23.5 Å². The zero-order valence-electron chi connectivity index (χ0n) is 20.2. The summed E-state index contributed by atoms with van der Waals surface area (Å²) in [7, 11) is 4.73. The average Bonchev–Trinajstić information content (AvgIpc) is 3.17. The third-order valence-electron chi connectivity index (χ3n) is 5.67. The van der Waals surface area contributed by atoms with Crippen molar-refractivity contribution in [2.45, 2.75) is 19.9 Å². The minimum atomic E-state index is -0.689. The summed E-state index contributed by atoms with van der Waals surface area (Å²) in [5.74, 6) is 1.41. The molecular formula is C26H26N2O6S. The third-order valence-corrected chi connectivity index (χ3v) is 6.65. The van der Waals surface area contributed by atoms with Crippen molar-refractivity contribution in [2.24, 2.45) is 4.99 Å². The van der Waals surface area contributed by atoms with Gasteiger partial charge in [0.15, 0.2) is 4.80 Å². The number of carbonyl (C=O) groups is 1. The molecule has 0 amide bonds. The molecule has 0 aliphatic carbocycles. The number of fused-ring (bicyclic) bond motifs is 1. The second-order valence-corrected chi connectivity index (χ2v) is 8.69. The number of thiazole rings is 1. The highest BCUT2D eigenvalue weighted by molar-refractivity contribution is 7.07. The summed E-state index contributed by atoms with van der Waals surface area (Å²) in [5.41, 5.74) is 2.01. The maximum Gasteiger partial charge on any atom is 0.338 e. The molecule has 1 aliphatic heterocycles. The first-order chi connectivity index (χ1) is 16.9. The van der Waals surface area contributed by atoms with Crippen LogP contribution in [0.5, 0.6) is 17.2 Å². The van der Waals surface area contributed by atoms with Crippen LogP contribution in [0, 0.1) is 0 Å². The zero-order valence-corrected chi connectivity index (χ0v) is 21.0. The minimum Gasteiger partial charge on any atom is -0.497 e. The average molecular weight is 495 g/mol. The fraction of sp³-hybridized carbons (Fsp3) is 0.269. The van der Waals surface area contributed by atoms with Crippen LogP contribution in [-0.2, 0) is 9.53 Å². The molecule has 1 atom stereocenters. The summed E-state index contributed by atoms with van der Waals surface area (Å²) in [4.78, 5) is 31.8. The Balaban J connectivity index is 1.95. The Hall–Kier alpha value is -3.85. The van der Waals surface area contributed by atoms with Crippen molar-refractivity contribution in [3.63, 3.8) is 0 Å². The number of esters is 1. The molecule has 0 spiro atoms. The van der Waals surface area contributed by atoms with Gasteiger partial charge in [0.1, 0.15) is 17.2 Å². The van der Waals surface area contributed by atoms with Gasteiger partial charge in [-0.3, -0.25) is 9.36 Å². The van der Waals surface area contributed by atoms with E-state index < -0.39 is 12.0 Å². The van der Waals surface area contributed by atoms with E-state index in [-0.39, 0.29) is 12.2 Å². The van der Waals surface area contributed by atoms with Crippen LogP contribution in [0.15, 0.2) is 63.5 Å². The van der Waals surface area contributed by atoms with Crippen molar-refractivity contribution < 1.29 is 23.7 Å². The van der Waals surface area contributed by atoms with E-state index in [0.717, 1.165) is 5.56 Å². The van der Waals surface area contributed by atoms with Crippen LogP contribution < -0.4 is 29.1 Å². The standard InChI is InChI=1S/C26H26N2O6S/c1-6-34-25(30)22-15(2)27-26-28(23(22)16-7-9-18(31-3)10-8-16)24(29)21(35-26)14-17-13-19(32-4)11-12-20(17)33-5/h7-14,23H,6H2,1-5H3. The number of allylic oxidation sites excluding steroid dienone is 1. The van der Waals surface area contributed by atoms with Crippen LogP contribution in [0.3, 0.4) is 0 Å². The molecular weight excluding hydrogens is 468 g/mol. The van der Waals surface area contributed by atoms with E-state index in [1.165, 1.54) is 11.3 Å². The Bertz CT molecular complexity index is 1470. The van der Waals surface area contributed by atoms with Gasteiger partial charge in [0, 0.05) is 5.56 Å². The number of ether oxygens (including phenoxy) is 4. The van der Waals surface area contributed by atoms with E-state index in [4.69, 9.17) is 18.9 Å². The molecule has 0 saturated heterocycles. The predicted molar refractivity (Wildman–Crippen MR) is 133 cm³/mol. The number of carbonyl (C=O) groups excluding carboxylic acids is 1. The number of rotatable bonds is 7. The summed E-state index contributed by atoms with van der Waals surface area (Å²) in [6.45, 7) is 3.71. The molecule has 0 radical (unpaired) electrons. The molecule has 182 valence electrons. The first-order valence-electron chi connectivity index (χ1n) is 11.0. The summed E-state index contributed by atoms with van der Waals surface area (Å²) in [6, 6.07) is 11.9. The van der Waals surface area contributed by atoms with Crippen molar-refractivity contribution in [3.05, 3.63) is 84.5 Å². The van der Waals surface area contributed by atoms with E-state index >= 15 is 0 Å². The van der Waals surface area contributed by atoms with E-state index in [9.17, 15) is 9.59 Å². The highest BCUT2D eigenvalue weighted by Gasteiger charge is 2.33. The molecule has 2 heterocycles. The fourth-order valence-electron chi connectivity index (χ4n) is 3.99. The molecule has 0 fully saturated rings. The van der Waals surface area contributed by atoms with E-state index in [1.54, 1.807) is 76.2 Å². The minimum absolute atomic E-state index is 0.213. The van der Waals surface area contributed by atoms with Gasteiger partial charge in [-0.25, -0.2) is 9.79 Å². The number of hydrogen-bond acceptors (Lipinski definition) is 8. The van der Waals surface area contributed by atoms with Crippen LogP contribution in [0.4, 0.5) is 0 Å². The van der Waals surface area contributed by atoms with Crippen LogP contribution >= 0.6 is 11.3 Å². The summed E-state index contributed by atoms with van der Waals surface area (Å²) in [5, 5.41) is 0. The summed E-state index contributed by atoms with van der Waals surface area (Å²) < 4.78 is 23.4. The van der Waals surface area contributed by atoms with Gasteiger partial charge in [0.25, 0.3) is 5.56 Å². The van der Waals surface area contributed by atoms with Gasteiger partial charge in [-0.15, -0.1) is 0 Å². The smallest absolute Gasteiger partial charge is 0.338 e. The molecule has 0 bridgehead atoms. The Morgan fingerprint density at radius 2 is 1.74 bits per heavy atom. The number of aromatic nitrogens is 1. The van der Waals surface area contributed by atoms with Gasteiger partial charge in [0.2, 0.25) is 0 Å². The van der Waals surface area contributed by atoms with Crippen LogP contribution in [0.1, 0.15) is 31.0 Å². The Kier molecular flexibility index (Phi) is 7.07. The SMILES string of the molecule is CCOC(=O)C1=C(C)N=c2sc(=Cc3cc(OC)ccc3OC)c(=O)n2C1c1ccc(OC)cc1. The number of hydrogen-bond donors (Lipinski definition) is 0. The molecule has 4 rings (SSSR count). The number of nitrogens with zero attached hydrogens (tertiary/aromatic N) is 2. The molecule has 2 aromatic carbocycles. The largest absolute Gasteiger partial charge is 0.497 e.